The highest BCUT2D eigenvalue weighted by Crippen LogP contribution is 2.35. The van der Waals surface area contributed by atoms with E-state index in [1.165, 1.54) is 71.2 Å². The van der Waals surface area contributed by atoms with Crippen LogP contribution in [0.1, 0.15) is 45.4 Å². The fraction of sp³-hybridized carbons (Fsp3) is 0.944. The highest BCUT2D eigenvalue weighted by Gasteiger charge is 2.35. The van der Waals surface area contributed by atoms with Crippen LogP contribution in [0.5, 0.6) is 0 Å². The van der Waals surface area contributed by atoms with Gasteiger partial charge < -0.3 is 15.1 Å². The number of aliphatic imine (C=N–C) groups is 1. The predicted octanol–water partition coefficient (Wildman–Crippen LogP) is 2.42. The van der Waals surface area contributed by atoms with E-state index in [-0.39, 0.29) is 0 Å². The lowest BCUT2D eigenvalue weighted by Gasteiger charge is -2.25. The Bertz CT molecular complexity index is 361. The smallest absolute Gasteiger partial charge is 0.193 e. The zero-order valence-electron chi connectivity index (χ0n) is 14.6. The fourth-order valence-electron chi connectivity index (χ4n) is 4.65. The molecule has 0 spiro atoms. The summed E-state index contributed by atoms with van der Waals surface area (Å²) in [6.07, 6.45) is 8.52. The predicted molar refractivity (Wildman–Crippen MR) is 93.2 cm³/mol. The van der Waals surface area contributed by atoms with Crippen molar-refractivity contribution in [2.45, 2.75) is 45.4 Å². The topological polar surface area (TPSA) is 30.9 Å². The maximum Gasteiger partial charge on any atom is 0.193 e. The Morgan fingerprint density at radius 3 is 2.32 bits per heavy atom. The summed E-state index contributed by atoms with van der Waals surface area (Å²) >= 11 is 0. The molecular formula is C18H34N4. The van der Waals surface area contributed by atoms with E-state index in [1.807, 2.05) is 7.05 Å². The average molecular weight is 306 g/mol. The molecule has 2 aliphatic heterocycles. The molecule has 3 rings (SSSR count). The van der Waals surface area contributed by atoms with E-state index in [4.69, 9.17) is 0 Å². The van der Waals surface area contributed by atoms with E-state index in [2.05, 4.69) is 27.0 Å². The van der Waals surface area contributed by atoms with Gasteiger partial charge in [-0.1, -0.05) is 19.8 Å². The number of nitrogens with one attached hydrogen (secondary N) is 1. The second kappa shape index (κ2) is 7.67. The molecule has 0 bridgehead atoms. The minimum absolute atomic E-state index is 0.694. The summed E-state index contributed by atoms with van der Waals surface area (Å²) in [6, 6.07) is 0. The summed E-state index contributed by atoms with van der Waals surface area (Å²) in [5, 5.41) is 3.64. The molecule has 3 atom stereocenters. The van der Waals surface area contributed by atoms with Crippen LogP contribution in [-0.4, -0.2) is 62.1 Å². The molecule has 0 aromatic heterocycles. The third kappa shape index (κ3) is 3.95. The Balaban J connectivity index is 1.43. The number of rotatable bonds is 4. The second-order valence-corrected chi connectivity index (χ2v) is 7.75. The molecule has 0 amide bonds. The Morgan fingerprint density at radius 1 is 1.09 bits per heavy atom. The van der Waals surface area contributed by atoms with Crippen molar-refractivity contribution < 1.29 is 0 Å². The summed E-state index contributed by atoms with van der Waals surface area (Å²) < 4.78 is 0. The zero-order valence-corrected chi connectivity index (χ0v) is 14.6. The van der Waals surface area contributed by atoms with Crippen molar-refractivity contribution in [1.82, 2.24) is 15.1 Å². The number of hydrogen-bond donors (Lipinski definition) is 1. The second-order valence-electron chi connectivity index (χ2n) is 7.75. The summed E-state index contributed by atoms with van der Waals surface area (Å²) in [6.45, 7) is 9.70. The first-order chi connectivity index (χ1) is 10.8. The van der Waals surface area contributed by atoms with Crippen LogP contribution in [0.3, 0.4) is 0 Å². The van der Waals surface area contributed by atoms with Crippen molar-refractivity contribution in [3.8, 4) is 0 Å². The van der Waals surface area contributed by atoms with Gasteiger partial charge in [0.15, 0.2) is 5.96 Å². The summed E-state index contributed by atoms with van der Waals surface area (Å²) in [5.41, 5.74) is 0. The number of hydrogen-bond acceptors (Lipinski definition) is 2. The molecule has 3 aliphatic rings. The van der Waals surface area contributed by atoms with Gasteiger partial charge in [0, 0.05) is 33.2 Å². The maximum absolute atomic E-state index is 4.55. The molecule has 22 heavy (non-hydrogen) atoms. The number of likely N-dealkylation sites (tertiary alicyclic amines) is 2. The zero-order chi connectivity index (χ0) is 15.4. The van der Waals surface area contributed by atoms with Gasteiger partial charge in [-0.05, 0) is 56.5 Å². The largest absolute Gasteiger partial charge is 0.356 e. The van der Waals surface area contributed by atoms with Gasteiger partial charge in [-0.15, -0.1) is 0 Å². The van der Waals surface area contributed by atoms with Crippen molar-refractivity contribution in [1.29, 1.82) is 0 Å². The number of nitrogens with zero attached hydrogens (tertiary/aromatic N) is 3. The molecular weight excluding hydrogens is 272 g/mol. The van der Waals surface area contributed by atoms with Crippen LogP contribution in [0.4, 0.5) is 0 Å². The quantitative estimate of drug-likeness (QED) is 0.639. The van der Waals surface area contributed by atoms with Crippen LogP contribution in [0, 0.1) is 17.8 Å². The lowest BCUT2D eigenvalue weighted by Crippen LogP contribution is -2.43. The van der Waals surface area contributed by atoms with Gasteiger partial charge in [0.25, 0.3) is 0 Å². The first-order valence-electron chi connectivity index (χ1n) is 9.44. The third-order valence-electron chi connectivity index (χ3n) is 5.86. The average Bonchev–Trinajstić information content (AvgIpc) is 3.16. The highest BCUT2D eigenvalue weighted by molar-refractivity contribution is 5.80. The molecule has 4 heteroatoms. The van der Waals surface area contributed by atoms with Crippen molar-refractivity contribution in [3.05, 3.63) is 0 Å². The SMILES string of the molecule is CN=C(NCC(C)CN1CCCC1)N1CC2CCCCC2C1. The number of fused-ring (bicyclic) bond motifs is 1. The molecule has 0 radical (unpaired) electrons. The van der Waals surface area contributed by atoms with E-state index in [9.17, 15) is 0 Å². The van der Waals surface area contributed by atoms with Gasteiger partial charge in [-0.25, -0.2) is 0 Å². The Morgan fingerprint density at radius 2 is 1.73 bits per heavy atom. The van der Waals surface area contributed by atoms with E-state index in [0.717, 1.165) is 24.3 Å². The minimum Gasteiger partial charge on any atom is -0.356 e. The van der Waals surface area contributed by atoms with Gasteiger partial charge in [-0.2, -0.15) is 0 Å². The molecule has 1 N–H and O–H groups in total. The Labute approximate surface area is 136 Å². The molecule has 0 aromatic carbocycles. The normalized spacial score (nSPS) is 31.4. The first-order valence-corrected chi connectivity index (χ1v) is 9.44. The van der Waals surface area contributed by atoms with Crippen molar-refractivity contribution >= 4 is 5.96 Å². The van der Waals surface area contributed by atoms with E-state index in [1.54, 1.807) is 0 Å². The van der Waals surface area contributed by atoms with Crippen LogP contribution in [0.15, 0.2) is 4.99 Å². The van der Waals surface area contributed by atoms with Crippen molar-refractivity contribution in [2.75, 3.05) is 46.3 Å². The van der Waals surface area contributed by atoms with Crippen molar-refractivity contribution in [3.63, 3.8) is 0 Å². The molecule has 2 saturated heterocycles. The van der Waals surface area contributed by atoms with Gasteiger partial charge in [0.2, 0.25) is 0 Å². The molecule has 1 aliphatic carbocycles. The van der Waals surface area contributed by atoms with Gasteiger partial charge in [0.05, 0.1) is 0 Å². The maximum atomic E-state index is 4.55. The monoisotopic (exact) mass is 306 g/mol. The molecule has 3 fully saturated rings. The van der Waals surface area contributed by atoms with Crippen LogP contribution >= 0.6 is 0 Å². The molecule has 1 saturated carbocycles. The summed E-state index contributed by atoms with van der Waals surface area (Å²) in [7, 11) is 1.94. The molecule has 2 heterocycles. The number of guanidine groups is 1. The molecule has 126 valence electrons. The standard InChI is InChI=1S/C18H34N4/c1-15(12-21-9-5-6-10-21)11-20-18(19-2)22-13-16-7-3-4-8-17(16)14-22/h15-17H,3-14H2,1-2H3,(H,19,20). The van der Waals surface area contributed by atoms with Gasteiger partial charge >= 0.3 is 0 Å². The van der Waals surface area contributed by atoms with Crippen LogP contribution in [-0.2, 0) is 0 Å². The molecule has 3 unspecified atom stereocenters. The lowest BCUT2D eigenvalue weighted by molar-refractivity contribution is 0.286. The van der Waals surface area contributed by atoms with Crippen molar-refractivity contribution in [2.24, 2.45) is 22.7 Å². The third-order valence-corrected chi connectivity index (χ3v) is 5.86. The highest BCUT2D eigenvalue weighted by atomic mass is 15.3. The van der Waals surface area contributed by atoms with Crippen LogP contribution in [0.25, 0.3) is 0 Å². The van der Waals surface area contributed by atoms with Crippen LogP contribution in [0.2, 0.25) is 0 Å². The Hall–Kier alpha value is -0.770. The minimum atomic E-state index is 0.694. The Kier molecular flexibility index (Phi) is 5.61. The van der Waals surface area contributed by atoms with E-state index >= 15 is 0 Å². The first kappa shape index (κ1) is 16.1. The van der Waals surface area contributed by atoms with Crippen LogP contribution < -0.4 is 5.32 Å². The molecule has 4 nitrogen and oxygen atoms in total. The van der Waals surface area contributed by atoms with Gasteiger partial charge in [-0.3, -0.25) is 4.99 Å². The lowest BCUT2D eigenvalue weighted by atomic mass is 9.82. The summed E-state index contributed by atoms with van der Waals surface area (Å²) in [5.74, 6) is 3.69. The fourth-order valence-corrected chi connectivity index (χ4v) is 4.65. The van der Waals surface area contributed by atoms with E-state index in [0.29, 0.717) is 5.92 Å². The summed E-state index contributed by atoms with van der Waals surface area (Å²) in [4.78, 5) is 9.68. The van der Waals surface area contributed by atoms with Gasteiger partial charge in [0.1, 0.15) is 0 Å². The molecule has 0 aromatic rings. The van der Waals surface area contributed by atoms with E-state index < -0.39 is 0 Å².